The van der Waals surface area contributed by atoms with E-state index in [1.165, 1.54) is 5.56 Å². The molecule has 1 aliphatic heterocycles. The van der Waals surface area contributed by atoms with Crippen molar-refractivity contribution < 1.29 is 19.0 Å². The molecule has 0 amide bonds. The zero-order valence-corrected chi connectivity index (χ0v) is 20.9. The molecule has 0 atom stereocenters. The number of aryl methyl sites for hydroxylation is 2. The highest BCUT2D eigenvalue weighted by Gasteiger charge is 2.24. The maximum absolute atomic E-state index is 12.4. The summed E-state index contributed by atoms with van der Waals surface area (Å²) in [5.41, 5.74) is 5.21. The number of rotatable bonds is 7. The highest BCUT2D eigenvalue weighted by atomic mass is 127. The number of ether oxygens (including phenoxy) is 3. The Labute approximate surface area is 207 Å². The van der Waals surface area contributed by atoms with Gasteiger partial charge in [-0.2, -0.15) is 0 Å². The lowest BCUT2D eigenvalue weighted by Gasteiger charge is -2.15. The normalized spacial score (nSPS) is 14.2. The van der Waals surface area contributed by atoms with Gasteiger partial charge in [0.2, 0.25) is 5.90 Å². The number of aliphatic imine (C=N–C) groups is 1. The molecule has 1 heterocycles. The van der Waals surface area contributed by atoms with E-state index in [1.807, 2.05) is 50.2 Å². The standard InChI is InChI=1S/C27H24INO4/c1-4-31-24-15-20(13-22(28)25(24)32-16-19-9-5-17(2)6-10-19)14-23-27(30)33-26(29-23)21-11-7-18(3)8-12-21/h5-15H,4,16H2,1-3H3/b23-14-. The van der Waals surface area contributed by atoms with E-state index in [1.54, 1.807) is 6.08 Å². The van der Waals surface area contributed by atoms with Crippen molar-refractivity contribution in [3.05, 3.63) is 97.7 Å². The zero-order valence-electron chi connectivity index (χ0n) is 18.7. The Morgan fingerprint density at radius 2 is 1.64 bits per heavy atom. The SMILES string of the molecule is CCOc1cc(/C=C2\N=C(c3ccc(C)cc3)OC2=O)cc(I)c1OCc1ccc(C)cc1. The molecule has 0 saturated heterocycles. The van der Waals surface area contributed by atoms with Gasteiger partial charge in [0.1, 0.15) is 6.61 Å². The summed E-state index contributed by atoms with van der Waals surface area (Å²) in [7, 11) is 0. The van der Waals surface area contributed by atoms with Gasteiger partial charge in [-0.25, -0.2) is 9.79 Å². The highest BCUT2D eigenvalue weighted by Crippen LogP contribution is 2.36. The Hall–Kier alpha value is -3.13. The number of hydrogen-bond donors (Lipinski definition) is 0. The van der Waals surface area contributed by atoms with Gasteiger partial charge < -0.3 is 14.2 Å². The fourth-order valence-electron chi connectivity index (χ4n) is 3.30. The van der Waals surface area contributed by atoms with E-state index in [9.17, 15) is 4.79 Å². The molecule has 0 radical (unpaired) electrons. The molecule has 3 aromatic rings. The second-order valence-corrected chi connectivity index (χ2v) is 8.90. The third-order valence-electron chi connectivity index (χ3n) is 5.06. The first kappa shape index (κ1) is 23.0. The van der Waals surface area contributed by atoms with Crippen LogP contribution in [0.4, 0.5) is 0 Å². The van der Waals surface area contributed by atoms with Gasteiger partial charge in [0, 0.05) is 5.56 Å². The molecule has 1 aliphatic rings. The Morgan fingerprint density at radius 3 is 2.30 bits per heavy atom. The zero-order chi connectivity index (χ0) is 23.4. The lowest BCUT2D eigenvalue weighted by Crippen LogP contribution is -2.05. The number of halogens is 1. The van der Waals surface area contributed by atoms with Crippen LogP contribution in [0.1, 0.15) is 34.7 Å². The van der Waals surface area contributed by atoms with Crippen LogP contribution in [0.5, 0.6) is 11.5 Å². The molecule has 0 bridgehead atoms. The second-order valence-electron chi connectivity index (χ2n) is 7.74. The number of benzene rings is 3. The van der Waals surface area contributed by atoms with Crippen LogP contribution in [-0.4, -0.2) is 18.5 Å². The summed E-state index contributed by atoms with van der Waals surface area (Å²) in [6, 6.07) is 19.7. The molecule has 0 saturated carbocycles. The monoisotopic (exact) mass is 553 g/mol. The number of carbonyl (C=O) groups excluding carboxylic acids is 1. The molecule has 5 nitrogen and oxygen atoms in total. The minimum atomic E-state index is -0.474. The molecule has 0 N–H and O–H groups in total. The number of carbonyl (C=O) groups is 1. The van der Waals surface area contributed by atoms with E-state index in [2.05, 4.69) is 58.8 Å². The van der Waals surface area contributed by atoms with Crippen LogP contribution in [0, 0.1) is 17.4 Å². The molecular formula is C27H24INO4. The lowest BCUT2D eigenvalue weighted by molar-refractivity contribution is -0.129. The first-order valence-electron chi connectivity index (χ1n) is 10.7. The van der Waals surface area contributed by atoms with Crippen molar-refractivity contribution in [3.8, 4) is 11.5 Å². The summed E-state index contributed by atoms with van der Waals surface area (Å²) in [6.07, 6.45) is 1.71. The van der Waals surface area contributed by atoms with E-state index >= 15 is 0 Å². The largest absolute Gasteiger partial charge is 0.490 e. The molecule has 0 fully saturated rings. The van der Waals surface area contributed by atoms with Crippen molar-refractivity contribution in [1.29, 1.82) is 0 Å². The van der Waals surface area contributed by atoms with Crippen LogP contribution in [-0.2, 0) is 16.1 Å². The maximum atomic E-state index is 12.4. The number of nitrogens with zero attached hydrogens (tertiary/aromatic N) is 1. The average molecular weight is 553 g/mol. The van der Waals surface area contributed by atoms with Crippen LogP contribution < -0.4 is 9.47 Å². The van der Waals surface area contributed by atoms with Crippen molar-refractivity contribution in [3.63, 3.8) is 0 Å². The van der Waals surface area contributed by atoms with Crippen molar-refractivity contribution in [1.82, 2.24) is 0 Å². The molecular weight excluding hydrogens is 529 g/mol. The lowest BCUT2D eigenvalue weighted by atomic mass is 10.1. The third-order valence-corrected chi connectivity index (χ3v) is 5.86. The van der Waals surface area contributed by atoms with E-state index in [4.69, 9.17) is 14.2 Å². The first-order valence-corrected chi connectivity index (χ1v) is 11.7. The molecule has 0 aliphatic carbocycles. The van der Waals surface area contributed by atoms with Crippen molar-refractivity contribution >= 4 is 40.5 Å². The predicted octanol–water partition coefficient (Wildman–Crippen LogP) is 6.23. The van der Waals surface area contributed by atoms with Gasteiger partial charge in [-0.3, -0.25) is 0 Å². The fourth-order valence-corrected chi connectivity index (χ4v) is 4.08. The van der Waals surface area contributed by atoms with Crippen LogP contribution in [0.15, 0.2) is 71.4 Å². The third kappa shape index (κ3) is 5.63. The molecule has 3 aromatic carbocycles. The quantitative estimate of drug-likeness (QED) is 0.198. The average Bonchev–Trinajstić information content (AvgIpc) is 3.15. The summed E-state index contributed by atoms with van der Waals surface area (Å²) >= 11 is 2.22. The predicted molar refractivity (Wildman–Crippen MR) is 138 cm³/mol. The summed E-state index contributed by atoms with van der Waals surface area (Å²) < 4.78 is 18.2. The molecule has 4 rings (SSSR count). The molecule has 6 heteroatoms. The molecule has 0 spiro atoms. The van der Waals surface area contributed by atoms with Gasteiger partial charge in [0.05, 0.1) is 10.2 Å². The smallest absolute Gasteiger partial charge is 0.363 e. The van der Waals surface area contributed by atoms with Gasteiger partial charge in [-0.1, -0.05) is 47.5 Å². The topological polar surface area (TPSA) is 57.1 Å². The maximum Gasteiger partial charge on any atom is 0.363 e. The van der Waals surface area contributed by atoms with Crippen LogP contribution in [0.25, 0.3) is 6.08 Å². The van der Waals surface area contributed by atoms with E-state index in [0.29, 0.717) is 30.6 Å². The van der Waals surface area contributed by atoms with Gasteiger partial charge in [-0.15, -0.1) is 0 Å². The summed E-state index contributed by atoms with van der Waals surface area (Å²) in [4.78, 5) is 16.8. The summed E-state index contributed by atoms with van der Waals surface area (Å²) in [5, 5.41) is 0. The van der Waals surface area contributed by atoms with Crippen molar-refractivity contribution in [2.45, 2.75) is 27.4 Å². The minimum absolute atomic E-state index is 0.247. The van der Waals surface area contributed by atoms with Crippen molar-refractivity contribution in [2.24, 2.45) is 4.99 Å². The van der Waals surface area contributed by atoms with Gasteiger partial charge in [-0.05, 0) is 84.8 Å². The highest BCUT2D eigenvalue weighted by molar-refractivity contribution is 14.1. The van der Waals surface area contributed by atoms with Crippen LogP contribution >= 0.6 is 22.6 Å². The molecule has 168 valence electrons. The number of esters is 1. The van der Waals surface area contributed by atoms with E-state index in [-0.39, 0.29) is 5.70 Å². The van der Waals surface area contributed by atoms with Crippen LogP contribution in [0.2, 0.25) is 0 Å². The van der Waals surface area contributed by atoms with E-state index in [0.717, 1.165) is 25.8 Å². The Morgan fingerprint density at radius 1 is 0.970 bits per heavy atom. The number of cyclic esters (lactones) is 1. The van der Waals surface area contributed by atoms with E-state index < -0.39 is 5.97 Å². The first-order chi connectivity index (χ1) is 15.9. The summed E-state index contributed by atoms with van der Waals surface area (Å²) in [6.45, 7) is 6.92. The molecule has 0 unspecified atom stereocenters. The summed E-state index contributed by atoms with van der Waals surface area (Å²) in [5.74, 6) is 1.14. The fraction of sp³-hybridized carbons (Fsp3) is 0.185. The molecule has 0 aromatic heterocycles. The Balaban J connectivity index is 1.60. The molecule has 33 heavy (non-hydrogen) atoms. The van der Waals surface area contributed by atoms with Gasteiger partial charge >= 0.3 is 5.97 Å². The Kier molecular flexibility index (Phi) is 7.13. The van der Waals surface area contributed by atoms with Gasteiger partial charge in [0.25, 0.3) is 0 Å². The Bertz CT molecular complexity index is 1230. The second kappa shape index (κ2) is 10.2. The van der Waals surface area contributed by atoms with Gasteiger partial charge in [0.15, 0.2) is 17.2 Å². The minimum Gasteiger partial charge on any atom is -0.490 e. The van der Waals surface area contributed by atoms with Crippen molar-refractivity contribution in [2.75, 3.05) is 6.61 Å². The number of hydrogen-bond acceptors (Lipinski definition) is 5. The van der Waals surface area contributed by atoms with Crippen LogP contribution in [0.3, 0.4) is 0 Å².